The van der Waals surface area contributed by atoms with E-state index in [-0.39, 0.29) is 11.6 Å². The molecule has 186 valence electrons. The maximum absolute atomic E-state index is 13.4. The van der Waals surface area contributed by atoms with E-state index in [1.807, 2.05) is 0 Å². The number of nitrogens with one attached hydrogen (secondary N) is 1. The van der Waals surface area contributed by atoms with Gasteiger partial charge in [-0.2, -0.15) is 26.3 Å². The van der Waals surface area contributed by atoms with Crippen LogP contribution in [0.5, 0.6) is 0 Å². The molecular weight excluding hydrogens is 465 g/mol. The maximum atomic E-state index is 13.4. The number of amides is 1. The van der Waals surface area contributed by atoms with Crippen LogP contribution in [0.1, 0.15) is 53.9 Å². The molecule has 1 amide bonds. The predicted molar refractivity (Wildman–Crippen MR) is 112 cm³/mol. The third-order valence-corrected chi connectivity index (χ3v) is 5.89. The largest absolute Gasteiger partial charge is 0.416 e. The molecule has 0 spiro atoms. The molecule has 3 nitrogen and oxygen atoms in total. The van der Waals surface area contributed by atoms with Crippen LogP contribution < -0.4 is 5.32 Å². The molecule has 2 aromatic carbocycles. The van der Waals surface area contributed by atoms with Crippen LogP contribution in [-0.4, -0.2) is 30.4 Å². The molecule has 1 aliphatic rings. The zero-order valence-electron chi connectivity index (χ0n) is 18.3. The van der Waals surface area contributed by atoms with Gasteiger partial charge in [0.05, 0.1) is 17.0 Å². The van der Waals surface area contributed by atoms with Gasteiger partial charge in [0.2, 0.25) is 5.91 Å². The van der Waals surface area contributed by atoms with E-state index in [1.165, 1.54) is 24.3 Å². The fourth-order valence-corrected chi connectivity index (χ4v) is 4.07. The summed E-state index contributed by atoms with van der Waals surface area (Å²) in [4.78, 5) is 15.2. The van der Waals surface area contributed by atoms with E-state index < -0.39 is 47.7 Å². The van der Waals surface area contributed by atoms with Crippen LogP contribution in [0, 0.1) is 5.82 Å². The number of likely N-dealkylation sites (tertiary alicyclic amines) is 1. The molecule has 34 heavy (non-hydrogen) atoms. The van der Waals surface area contributed by atoms with Gasteiger partial charge in [-0.1, -0.05) is 18.6 Å². The number of piperidine rings is 1. The highest BCUT2D eigenvalue weighted by Gasteiger charge is 2.37. The minimum atomic E-state index is -4.97. The first-order valence-electron chi connectivity index (χ1n) is 11.0. The fraction of sp³-hybridized carbons (Fsp3) is 0.458. The molecule has 1 N–H and O–H groups in total. The number of benzene rings is 2. The molecule has 1 saturated heterocycles. The summed E-state index contributed by atoms with van der Waals surface area (Å²) in [6, 6.07) is 6.57. The number of carbonyl (C=O) groups excluding carboxylic acids is 1. The molecule has 2 aromatic rings. The topological polar surface area (TPSA) is 32.3 Å². The second-order valence-corrected chi connectivity index (χ2v) is 8.43. The molecule has 0 unspecified atom stereocenters. The lowest BCUT2D eigenvalue weighted by Gasteiger charge is -2.28. The highest BCUT2D eigenvalue weighted by molar-refractivity contribution is 5.83. The summed E-state index contributed by atoms with van der Waals surface area (Å²) in [7, 11) is 0. The maximum Gasteiger partial charge on any atom is 0.416 e. The van der Waals surface area contributed by atoms with Crippen LogP contribution in [0.15, 0.2) is 42.5 Å². The Morgan fingerprint density at radius 1 is 0.882 bits per heavy atom. The van der Waals surface area contributed by atoms with E-state index in [0.717, 1.165) is 32.4 Å². The number of nitrogens with zero attached hydrogens (tertiary/aromatic N) is 1. The van der Waals surface area contributed by atoms with Crippen molar-refractivity contribution in [3.05, 3.63) is 70.5 Å². The summed E-state index contributed by atoms with van der Waals surface area (Å²) in [6.45, 7) is 1.87. The van der Waals surface area contributed by atoms with Gasteiger partial charge in [-0.25, -0.2) is 4.39 Å². The van der Waals surface area contributed by atoms with Crippen LogP contribution in [0.2, 0.25) is 0 Å². The SMILES string of the molecule is O=C(NCc1cc(C(F)(F)F)cc(C(F)(F)F)c1)[C@@H](CCN1CCCCC1)c1ccc(F)cc1. The Morgan fingerprint density at radius 2 is 1.44 bits per heavy atom. The minimum absolute atomic E-state index is 0.0469. The molecule has 3 rings (SSSR count). The number of hydrogen-bond donors (Lipinski definition) is 1. The number of carbonyl (C=O) groups is 1. The fourth-order valence-electron chi connectivity index (χ4n) is 4.07. The monoisotopic (exact) mass is 490 g/mol. The molecule has 1 fully saturated rings. The van der Waals surface area contributed by atoms with E-state index in [9.17, 15) is 35.5 Å². The van der Waals surface area contributed by atoms with Gasteiger partial charge in [0.1, 0.15) is 5.82 Å². The van der Waals surface area contributed by atoms with Crippen LogP contribution in [0.3, 0.4) is 0 Å². The van der Waals surface area contributed by atoms with E-state index in [4.69, 9.17) is 0 Å². The second-order valence-electron chi connectivity index (χ2n) is 8.43. The van der Waals surface area contributed by atoms with Crippen molar-refractivity contribution < 1.29 is 35.5 Å². The highest BCUT2D eigenvalue weighted by Crippen LogP contribution is 2.36. The third kappa shape index (κ3) is 7.19. The Labute approximate surface area is 192 Å². The van der Waals surface area contributed by atoms with Crippen LogP contribution >= 0.6 is 0 Å². The van der Waals surface area contributed by atoms with Gasteiger partial charge in [-0.3, -0.25) is 4.79 Å². The van der Waals surface area contributed by atoms with Crippen molar-refractivity contribution in [1.29, 1.82) is 0 Å². The summed E-state index contributed by atoms with van der Waals surface area (Å²) < 4.78 is 92.0. The summed E-state index contributed by atoms with van der Waals surface area (Å²) in [5.41, 5.74) is -2.67. The van der Waals surface area contributed by atoms with Crippen molar-refractivity contribution in [3.8, 4) is 0 Å². The lowest BCUT2D eigenvalue weighted by Crippen LogP contribution is -2.35. The predicted octanol–water partition coefficient (Wildman–Crippen LogP) is 6.14. The van der Waals surface area contributed by atoms with Crippen molar-refractivity contribution in [1.82, 2.24) is 10.2 Å². The average Bonchev–Trinajstić information content (AvgIpc) is 2.78. The first kappa shape index (κ1) is 26.0. The molecule has 1 heterocycles. The zero-order chi connectivity index (χ0) is 24.9. The Morgan fingerprint density at radius 3 is 1.97 bits per heavy atom. The number of alkyl halides is 6. The molecule has 0 saturated carbocycles. The summed E-state index contributed by atoms with van der Waals surface area (Å²) in [5.74, 6) is -1.76. The molecule has 0 bridgehead atoms. The lowest BCUT2D eigenvalue weighted by molar-refractivity contribution is -0.143. The van der Waals surface area contributed by atoms with Crippen molar-refractivity contribution in [2.45, 2.75) is 50.5 Å². The molecule has 10 heteroatoms. The minimum Gasteiger partial charge on any atom is -0.351 e. The van der Waals surface area contributed by atoms with Gasteiger partial charge in [0.15, 0.2) is 0 Å². The van der Waals surface area contributed by atoms with Gasteiger partial charge in [0, 0.05) is 6.54 Å². The summed E-state index contributed by atoms with van der Waals surface area (Å²) in [6.07, 6.45) is -6.33. The van der Waals surface area contributed by atoms with E-state index in [0.29, 0.717) is 30.7 Å². The number of rotatable bonds is 7. The normalized spacial score (nSPS) is 16.3. The molecule has 0 radical (unpaired) electrons. The smallest absolute Gasteiger partial charge is 0.351 e. The standard InChI is InChI=1S/C24H25F7N2O/c25-20-6-4-17(5-7-20)21(8-11-33-9-2-1-3-10-33)22(34)32-15-16-12-18(23(26,27)28)14-19(13-16)24(29,30)31/h4-7,12-14,21H,1-3,8-11,15H2,(H,32,34)/t21-/m0/s1. The summed E-state index contributed by atoms with van der Waals surface area (Å²) in [5, 5.41) is 2.47. The van der Waals surface area contributed by atoms with Gasteiger partial charge < -0.3 is 10.2 Å². The molecule has 1 aliphatic heterocycles. The average molecular weight is 490 g/mol. The van der Waals surface area contributed by atoms with Crippen molar-refractivity contribution in [3.63, 3.8) is 0 Å². The van der Waals surface area contributed by atoms with Crippen LogP contribution in [-0.2, 0) is 23.7 Å². The zero-order valence-corrected chi connectivity index (χ0v) is 18.3. The molecular formula is C24H25F7N2O. The van der Waals surface area contributed by atoms with Crippen LogP contribution in [0.4, 0.5) is 30.7 Å². The Bertz CT molecular complexity index is 933. The van der Waals surface area contributed by atoms with Gasteiger partial charge in [-0.15, -0.1) is 0 Å². The second kappa shape index (κ2) is 10.8. The first-order chi connectivity index (χ1) is 15.9. The Hall–Kier alpha value is -2.62. The quantitative estimate of drug-likeness (QED) is 0.473. The van der Waals surface area contributed by atoms with Crippen molar-refractivity contribution >= 4 is 5.91 Å². The van der Waals surface area contributed by atoms with Crippen molar-refractivity contribution in [2.24, 2.45) is 0 Å². The van der Waals surface area contributed by atoms with Crippen molar-refractivity contribution in [2.75, 3.05) is 19.6 Å². The van der Waals surface area contributed by atoms with Gasteiger partial charge in [-0.05, 0) is 80.4 Å². The van der Waals surface area contributed by atoms with Gasteiger partial charge in [0.25, 0.3) is 0 Å². The van der Waals surface area contributed by atoms with Gasteiger partial charge >= 0.3 is 12.4 Å². The van der Waals surface area contributed by atoms with E-state index in [2.05, 4.69) is 10.2 Å². The summed E-state index contributed by atoms with van der Waals surface area (Å²) >= 11 is 0. The van der Waals surface area contributed by atoms with Crippen LogP contribution in [0.25, 0.3) is 0 Å². The number of hydrogen-bond acceptors (Lipinski definition) is 2. The molecule has 1 atom stereocenters. The highest BCUT2D eigenvalue weighted by atomic mass is 19.4. The molecule has 0 aliphatic carbocycles. The lowest BCUT2D eigenvalue weighted by atomic mass is 9.94. The van der Waals surface area contributed by atoms with E-state index in [1.54, 1.807) is 0 Å². The van der Waals surface area contributed by atoms with E-state index >= 15 is 0 Å². The number of halogens is 7. The molecule has 0 aromatic heterocycles. The Kier molecular flexibility index (Phi) is 8.22. The Balaban J connectivity index is 1.77. The third-order valence-electron chi connectivity index (χ3n) is 5.89. The first-order valence-corrected chi connectivity index (χ1v) is 11.0.